The summed E-state index contributed by atoms with van der Waals surface area (Å²) in [5.74, 6) is 0.625. The van der Waals surface area contributed by atoms with Gasteiger partial charge in [0.25, 0.3) is 5.91 Å². The molecule has 0 bridgehead atoms. The van der Waals surface area contributed by atoms with Crippen LogP contribution in [0.1, 0.15) is 46.9 Å². The number of carbonyl (C=O) groups excluding carboxylic acids is 1. The van der Waals surface area contributed by atoms with Gasteiger partial charge < -0.3 is 10.6 Å². The second-order valence-corrected chi connectivity index (χ2v) is 5.79. The van der Waals surface area contributed by atoms with Crippen molar-refractivity contribution in [2.75, 3.05) is 12.3 Å². The van der Waals surface area contributed by atoms with Gasteiger partial charge in [0.2, 0.25) is 0 Å². The summed E-state index contributed by atoms with van der Waals surface area (Å²) in [6.07, 6.45) is 3.16. The first-order valence-corrected chi connectivity index (χ1v) is 7.76. The van der Waals surface area contributed by atoms with E-state index in [1.165, 1.54) is 0 Å². The lowest BCUT2D eigenvalue weighted by Gasteiger charge is -2.36. The molecule has 22 heavy (non-hydrogen) atoms. The van der Waals surface area contributed by atoms with Gasteiger partial charge in [0.15, 0.2) is 0 Å². The van der Waals surface area contributed by atoms with Crippen LogP contribution >= 0.6 is 0 Å². The molecular weight excluding hydrogens is 274 g/mol. The van der Waals surface area contributed by atoms with Crippen molar-refractivity contribution in [1.29, 1.82) is 0 Å². The number of pyridine rings is 1. The third-order valence-corrected chi connectivity index (χ3v) is 4.29. The maximum atomic E-state index is 12.8. The molecule has 0 radical (unpaired) electrons. The molecule has 0 saturated carbocycles. The highest BCUT2D eigenvalue weighted by molar-refractivity contribution is 5.94. The monoisotopic (exact) mass is 295 g/mol. The summed E-state index contributed by atoms with van der Waals surface area (Å²) in [6, 6.07) is 13.4. The SMILES string of the molecule is Cc1nc(N)ccc1[C@H]1CCCCN1C(=O)c1ccccc1. The fraction of sp³-hybridized carbons (Fsp3) is 0.333. The molecule has 1 amide bonds. The summed E-state index contributed by atoms with van der Waals surface area (Å²) in [7, 11) is 0. The number of anilines is 1. The largest absolute Gasteiger partial charge is 0.384 e. The number of rotatable bonds is 2. The number of piperidine rings is 1. The van der Waals surface area contributed by atoms with Gasteiger partial charge in [-0.05, 0) is 49.9 Å². The topological polar surface area (TPSA) is 59.2 Å². The maximum absolute atomic E-state index is 12.8. The Bertz CT molecular complexity index is 669. The molecule has 1 aromatic carbocycles. The van der Waals surface area contributed by atoms with Crippen molar-refractivity contribution in [2.45, 2.75) is 32.2 Å². The number of aromatic nitrogens is 1. The number of hydrogen-bond acceptors (Lipinski definition) is 3. The minimum atomic E-state index is 0.0922. The highest BCUT2D eigenvalue weighted by atomic mass is 16.2. The number of amides is 1. The van der Waals surface area contributed by atoms with Crippen molar-refractivity contribution < 1.29 is 4.79 Å². The number of nitrogens with zero attached hydrogens (tertiary/aromatic N) is 2. The molecule has 1 atom stereocenters. The van der Waals surface area contributed by atoms with E-state index in [-0.39, 0.29) is 11.9 Å². The summed E-state index contributed by atoms with van der Waals surface area (Å²) in [4.78, 5) is 19.2. The Morgan fingerprint density at radius 1 is 1.18 bits per heavy atom. The second-order valence-electron chi connectivity index (χ2n) is 5.79. The Labute approximate surface area is 131 Å². The molecule has 1 aliphatic heterocycles. The number of nitrogens with two attached hydrogens (primary N) is 1. The van der Waals surface area contributed by atoms with Crippen molar-refractivity contribution in [3.63, 3.8) is 0 Å². The number of carbonyl (C=O) groups is 1. The molecule has 0 unspecified atom stereocenters. The van der Waals surface area contributed by atoms with Gasteiger partial charge in [0.1, 0.15) is 5.82 Å². The minimum Gasteiger partial charge on any atom is -0.384 e. The molecule has 1 fully saturated rings. The van der Waals surface area contributed by atoms with Crippen molar-refractivity contribution in [2.24, 2.45) is 0 Å². The molecule has 2 aromatic rings. The molecule has 114 valence electrons. The van der Waals surface area contributed by atoms with E-state index in [4.69, 9.17) is 5.73 Å². The van der Waals surface area contributed by atoms with Gasteiger partial charge in [-0.2, -0.15) is 0 Å². The highest BCUT2D eigenvalue weighted by Gasteiger charge is 2.29. The minimum absolute atomic E-state index is 0.0922. The Hall–Kier alpha value is -2.36. The maximum Gasteiger partial charge on any atom is 0.254 e. The summed E-state index contributed by atoms with van der Waals surface area (Å²) in [6.45, 7) is 2.76. The smallest absolute Gasteiger partial charge is 0.254 e. The van der Waals surface area contributed by atoms with Crippen LogP contribution in [0.15, 0.2) is 42.5 Å². The van der Waals surface area contributed by atoms with Crippen LogP contribution in [0, 0.1) is 6.92 Å². The van der Waals surface area contributed by atoms with Crippen molar-refractivity contribution >= 4 is 11.7 Å². The molecule has 1 aliphatic rings. The molecule has 1 aromatic heterocycles. The molecule has 1 saturated heterocycles. The van der Waals surface area contributed by atoms with E-state index in [9.17, 15) is 4.79 Å². The Balaban J connectivity index is 1.93. The van der Waals surface area contributed by atoms with E-state index in [1.54, 1.807) is 0 Å². The van der Waals surface area contributed by atoms with Crippen LogP contribution in [0.2, 0.25) is 0 Å². The van der Waals surface area contributed by atoms with E-state index >= 15 is 0 Å². The number of likely N-dealkylation sites (tertiary alicyclic amines) is 1. The van der Waals surface area contributed by atoms with E-state index < -0.39 is 0 Å². The van der Waals surface area contributed by atoms with Gasteiger partial charge in [-0.15, -0.1) is 0 Å². The lowest BCUT2D eigenvalue weighted by molar-refractivity contribution is 0.0610. The van der Waals surface area contributed by atoms with Crippen LogP contribution < -0.4 is 5.73 Å². The predicted octanol–water partition coefficient (Wildman–Crippen LogP) is 3.34. The van der Waals surface area contributed by atoms with Crippen LogP contribution in [0.5, 0.6) is 0 Å². The average Bonchev–Trinajstić information content (AvgIpc) is 2.55. The van der Waals surface area contributed by atoms with Crippen LogP contribution in [0.4, 0.5) is 5.82 Å². The predicted molar refractivity (Wildman–Crippen MR) is 87.5 cm³/mol. The molecule has 4 nitrogen and oxygen atoms in total. The Morgan fingerprint density at radius 2 is 1.95 bits per heavy atom. The van der Waals surface area contributed by atoms with Gasteiger partial charge in [-0.25, -0.2) is 4.98 Å². The molecular formula is C18H21N3O. The van der Waals surface area contributed by atoms with Crippen LogP contribution in [-0.4, -0.2) is 22.3 Å². The van der Waals surface area contributed by atoms with Crippen molar-refractivity contribution in [1.82, 2.24) is 9.88 Å². The summed E-state index contributed by atoms with van der Waals surface area (Å²) >= 11 is 0. The molecule has 2 heterocycles. The molecule has 0 spiro atoms. The first-order valence-electron chi connectivity index (χ1n) is 7.76. The highest BCUT2D eigenvalue weighted by Crippen LogP contribution is 2.33. The molecule has 3 rings (SSSR count). The number of hydrogen-bond donors (Lipinski definition) is 1. The van der Waals surface area contributed by atoms with Crippen molar-refractivity contribution in [3.8, 4) is 0 Å². The third-order valence-electron chi connectivity index (χ3n) is 4.29. The summed E-state index contributed by atoms with van der Waals surface area (Å²) in [5, 5.41) is 0. The van der Waals surface area contributed by atoms with Gasteiger partial charge in [0.05, 0.1) is 6.04 Å². The fourth-order valence-electron chi connectivity index (χ4n) is 3.19. The van der Waals surface area contributed by atoms with E-state index in [0.717, 1.165) is 42.6 Å². The normalized spacial score (nSPS) is 18.2. The number of nitrogen functional groups attached to an aromatic ring is 1. The summed E-state index contributed by atoms with van der Waals surface area (Å²) < 4.78 is 0. The molecule has 0 aliphatic carbocycles. The average molecular weight is 295 g/mol. The number of benzene rings is 1. The van der Waals surface area contributed by atoms with Gasteiger partial charge >= 0.3 is 0 Å². The van der Waals surface area contributed by atoms with Crippen LogP contribution in [-0.2, 0) is 0 Å². The second kappa shape index (κ2) is 6.18. The Kier molecular flexibility index (Phi) is 4.09. The molecule has 4 heteroatoms. The van der Waals surface area contributed by atoms with E-state index in [2.05, 4.69) is 4.98 Å². The van der Waals surface area contributed by atoms with E-state index in [0.29, 0.717) is 5.82 Å². The zero-order valence-corrected chi connectivity index (χ0v) is 12.8. The standard InChI is InChI=1S/C18H21N3O/c1-13-15(10-11-17(19)20-13)16-9-5-6-12-21(16)18(22)14-7-3-2-4-8-14/h2-4,7-8,10-11,16H,5-6,9,12H2,1H3,(H2,19,20)/t16-/m1/s1. The fourth-order valence-corrected chi connectivity index (χ4v) is 3.19. The first kappa shape index (κ1) is 14.6. The third kappa shape index (κ3) is 2.82. The Morgan fingerprint density at radius 3 is 2.68 bits per heavy atom. The number of aryl methyl sites for hydroxylation is 1. The van der Waals surface area contributed by atoms with Gasteiger partial charge in [0, 0.05) is 17.8 Å². The van der Waals surface area contributed by atoms with Crippen molar-refractivity contribution in [3.05, 3.63) is 59.3 Å². The van der Waals surface area contributed by atoms with E-state index in [1.807, 2.05) is 54.3 Å². The zero-order valence-electron chi connectivity index (χ0n) is 12.8. The molecule has 2 N–H and O–H groups in total. The van der Waals surface area contributed by atoms with Crippen LogP contribution in [0.25, 0.3) is 0 Å². The lowest BCUT2D eigenvalue weighted by atomic mass is 9.93. The lowest BCUT2D eigenvalue weighted by Crippen LogP contribution is -2.38. The van der Waals surface area contributed by atoms with Gasteiger partial charge in [-0.3, -0.25) is 4.79 Å². The van der Waals surface area contributed by atoms with Crippen LogP contribution in [0.3, 0.4) is 0 Å². The summed E-state index contributed by atoms with van der Waals surface area (Å²) in [5.41, 5.74) is 8.52. The zero-order chi connectivity index (χ0) is 15.5. The first-order chi connectivity index (χ1) is 10.7. The van der Waals surface area contributed by atoms with Gasteiger partial charge in [-0.1, -0.05) is 24.3 Å². The quantitative estimate of drug-likeness (QED) is 0.924.